The van der Waals surface area contributed by atoms with Crippen molar-refractivity contribution in [2.45, 2.75) is 5.75 Å². The molecule has 0 fully saturated rings. The molecule has 0 aliphatic rings. The molecule has 0 radical (unpaired) electrons. The van der Waals surface area contributed by atoms with Gasteiger partial charge in [-0.05, 0) is 12.1 Å². The van der Waals surface area contributed by atoms with Crippen LogP contribution in [0.25, 0.3) is 0 Å². The molecule has 0 aliphatic heterocycles. The van der Waals surface area contributed by atoms with Crippen LogP contribution in [-0.2, 0) is 21.3 Å². The Hall–Kier alpha value is -1.40. The van der Waals surface area contributed by atoms with Crippen molar-refractivity contribution in [3.8, 4) is 0 Å². The second-order valence-electron chi connectivity index (χ2n) is 3.27. The van der Waals surface area contributed by atoms with E-state index in [0.29, 0.717) is 12.3 Å². The Labute approximate surface area is 102 Å². The summed E-state index contributed by atoms with van der Waals surface area (Å²) in [5.74, 6) is 0.523. The average molecular weight is 257 g/mol. The van der Waals surface area contributed by atoms with E-state index in [2.05, 4.69) is 5.32 Å². The van der Waals surface area contributed by atoms with Gasteiger partial charge in [0.25, 0.3) is 0 Å². The number of nitrogens with one attached hydrogen (secondary N) is 1. The van der Waals surface area contributed by atoms with Crippen LogP contribution in [0.15, 0.2) is 35.0 Å². The maximum absolute atomic E-state index is 11.5. The number of hydrogen-bond acceptors (Lipinski definition) is 4. The van der Waals surface area contributed by atoms with Crippen LogP contribution in [0.3, 0.4) is 0 Å². The van der Waals surface area contributed by atoms with Gasteiger partial charge < -0.3 is 14.8 Å². The van der Waals surface area contributed by atoms with E-state index in [9.17, 15) is 9.00 Å². The third-order valence-corrected chi connectivity index (χ3v) is 3.06. The second-order valence-corrected chi connectivity index (χ2v) is 4.72. The van der Waals surface area contributed by atoms with Gasteiger partial charge in [-0.25, -0.2) is 0 Å². The summed E-state index contributed by atoms with van der Waals surface area (Å²) in [6.45, 7) is 0.275. The zero-order valence-electron chi connectivity index (χ0n) is 9.30. The lowest BCUT2D eigenvalue weighted by atomic mass is 10.5. The van der Waals surface area contributed by atoms with E-state index >= 15 is 0 Å². The Kier molecular flexibility index (Phi) is 6.27. The fourth-order valence-corrected chi connectivity index (χ4v) is 2.11. The number of carbonyl (C=O) groups is 1. The first kappa shape index (κ1) is 13.7. The maximum Gasteiger partial charge on any atom is 0.232 e. The molecule has 0 bridgehead atoms. The molecular formula is C11H15NO4S. The minimum absolute atomic E-state index is 0.0480. The smallest absolute Gasteiger partial charge is 0.232 e. The molecule has 0 saturated carbocycles. The molecule has 5 nitrogen and oxygen atoms in total. The number of rotatable bonds is 7. The highest BCUT2D eigenvalue weighted by molar-refractivity contribution is 7.84. The Morgan fingerprint density at radius 3 is 3.00 bits per heavy atom. The predicted molar refractivity (Wildman–Crippen MR) is 64.7 cm³/mol. The second kappa shape index (κ2) is 7.81. The van der Waals surface area contributed by atoms with Crippen molar-refractivity contribution < 1.29 is 18.5 Å². The van der Waals surface area contributed by atoms with E-state index in [4.69, 9.17) is 9.52 Å². The summed E-state index contributed by atoms with van der Waals surface area (Å²) >= 11 is 0. The molecule has 1 amide bonds. The summed E-state index contributed by atoms with van der Waals surface area (Å²) in [6, 6.07) is 3.44. The molecule has 0 spiro atoms. The standard InChI is InChI=1S/C11H15NO4S/c13-6-2-1-5-12-11(14)9-17(15)8-10-4-3-7-16-10/h1-4,7,13H,5-6,8-9H2,(H,12,14)/b2-1-. The summed E-state index contributed by atoms with van der Waals surface area (Å²) < 4.78 is 16.6. The Morgan fingerprint density at radius 2 is 2.35 bits per heavy atom. The van der Waals surface area contributed by atoms with Crippen LogP contribution in [0.4, 0.5) is 0 Å². The first-order valence-corrected chi connectivity index (χ1v) is 6.61. The quantitative estimate of drug-likeness (QED) is 0.684. The first-order valence-electron chi connectivity index (χ1n) is 5.12. The van der Waals surface area contributed by atoms with Crippen LogP contribution < -0.4 is 5.32 Å². The van der Waals surface area contributed by atoms with Crippen molar-refractivity contribution in [2.75, 3.05) is 18.9 Å². The minimum Gasteiger partial charge on any atom is -0.468 e. The number of aliphatic hydroxyl groups excluding tert-OH is 1. The molecule has 1 heterocycles. The van der Waals surface area contributed by atoms with Crippen molar-refractivity contribution >= 4 is 16.7 Å². The van der Waals surface area contributed by atoms with Crippen LogP contribution in [0.1, 0.15) is 5.76 Å². The van der Waals surface area contributed by atoms with Crippen LogP contribution in [0.5, 0.6) is 0 Å². The Balaban J connectivity index is 2.22. The highest BCUT2D eigenvalue weighted by Gasteiger charge is 2.09. The fraction of sp³-hybridized carbons (Fsp3) is 0.364. The largest absolute Gasteiger partial charge is 0.468 e. The van der Waals surface area contributed by atoms with E-state index < -0.39 is 10.8 Å². The third kappa shape index (κ3) is 6.03. The van der Waals surface area contributed by atoms with Gasteiger partial charge in [0.05, 0.1) is 18.6 Å². The van der Waals surface area contributed by atoms with Gasteiger partial charge in [0, 0.05) is 17.3 Å². The van der Waals surface area contributed by atoms with Gasteiger partial charge in [-0.15, -0.1) is 0 Å². The summed E-state index contributed by atoms with van der Waals surface area (Å²) in [4.78, 5) is 11.3. The summed E-state index contributed by atoms with van der Waals surface area (Å²) in [7, 11) is -1.27. The number of aliphatic hydroxyl groups is 1. The highest BCUT2D eigenvalue weighted by Crippen LogP contribution is 2.03. The van der Waals surface area contributed by atoms with Gasteiger partial charge in [-0.2, -0.15) is 0 Å². The topological polar surface area (TPSA) is 79.5 Å². The molecule has 17 heavy (non-hydrogen) atoms. The molecule has 1 aromatic rings. The zero-order valence-corrected chi connectivity index (χ0v) is 10.1. The summed E-state index contributed by atoms with van der Waals surface area (Å²) in [6.07, 6.45) is 4.67. The lowest BCUT2D eigenvalue weighted by Crippen LogP contribution is -2.28. The predicted octanol–water partition coefficient (Wildman–Crippen LogP) is 0.193. The van der Waals surface area contributed by atoms with E-state index in [-0.39, 0.29) is 24.0 Å². The Morgan fingerprint density at radius 1 is 1.53 bits per heavy atom. The van der Waals surface area contributed by atoms with Gasteiger partial charge in [-0.1, -0.05) is 12.2 Å². The maximum atomic E-state index is 11.5. The molecule has 0 aromatic carbocycles. The lowest BCUT2D eigenvalue weighted by molar-refractivity contribution is -0.118. The molecule has 0 aliphatic carbocycles. The van der Waals surface area contributed by atoms with Crippen molar-refractivity contribution in [2.24, 2.45) is 0 Å². The van der Waals surface area contributed by atoms with E-state index in [0.717, 1.165) is 0 Å². The molecule has 6 heteroatoms. The molecule has 1 rings (SSSR count). The van der Waals surface area contributed by atoms with Crippen molar-refractivity contribution in [1.29, 1.82) is 0 Å². The normalized spacial score (nSPS) is 12.8. The van der Waals surface area contributed by atoms with E-state index in [1.54, 1.807) is 18.2 Å². The molecule has 94 valence electrons. The van der Waals surface area contributed by atoms with Gasteiger partial charge in [0.15, 0.2) is 0 Å². The summed E-state index contributed by atoms with van der Waals surface area (Å²) in [5.41, 5.74) is 0. The van der Waals surface area contributed by atoms with E-state index in [1.165, 1.54) is 12.3 Å². The first-order chi connectivity index (χ1) is 8.22. The number of amides is 1. The average Bonchev–Trinajstić information content (AvgIpc) is 2.77. The molecular weight excluding hydrogens is 242 g/mol. The fourth-order valence-electron chi connectivity index (χ4n) is 1.13. The summed E-state index contributed by atoms with van der Waals surface area (Å²) in [5, 5.41) is 11.0. The molecule has 1 atom stereocenters. The van der Waals surface area contributed by atoms with Crippen LogP contribution >= 0.6 is 0 Å². The van der Waals surface area contributed by atoms with Crippen molar-refractivity contribution in [3.63, 3.8) is 0 Å². The van der Waals surface area contributed by atoms with Crippen molar-refractivity contribution in [3.05, 3.63) is 36.3 Å². The van der Waals surface area contributed by atoms with Gasteiger partial charge in [0.1, 0.15) is 11.5 Å². The van der Waals surface area contributed by atoms with Gasteiger partial charge in [-0.3, -0.25) is 9.00 Å². The monoisotopic (exact) mass is 257 g/mol. The number of hydrogen-bond donors (Lipinski definition) is 2. The highest BCUT2D eigenvalue weighted by atomic mass is 32.2. The molecule has 1 aromatic heterocycles. The van der Waals surface area contributed by atoms with Gasteiger partial charge in [0.2, 0.25) is 5.91 Å². The van der Waals surface area contributed by atoms with Crippen LogP contribution in [0, 0.1) is 0 Å². The lowest BCUT2D eigenvalue weighted by Gasteiger charge is -2.01. The molecule has 2 N–H and O–H groups in total. The van der Waals surface area contributed by atoms with Crippen LogP contribution in [-0.4, -0.2) is 34.1 Å². The van der Waals surface area contributed by atoms with E-state index in [1.807, 2.05) is 0 Å². The third-order valence-electron chi connectivity index (χ3n) is 1.86. The SMILES string of the molecule is O=C(CS(=O)Cc1ccco1)NC/C=C\CO. The number of carbonyl (C=O) groups excluding carboxylic acids is 1. The van der Waals surface area contributed by atoms with Crippen molar-refractivity contribution in [1.82, 2.24) is 5.32 Å². The zero-order chi connectivity index (χ0) is 12.5. The number of furan rings is 1. The van der Waals surface area contributed by atoms with Gasteiger partial charge >= 0.3 is 0 Å². The van der Waals surface area contributed by atoms with Crippen LogP contribution in [0.2, 0.25) is 0 Å². The molecule has 0 saturated heterocycles. The Bertz CT molecular complexity index is 386. The minimum atomic E-state index is -1.27. The molecule has 1 unspecified atom stereocenters.